The van der Waals surface area contributed by atoms with Gasteiger partial charge in [-0.2, -0.15) is 0 Å². The summed E-state index contributed by atoms with van der Waals surface area (Å²) >= 11 is 0. The Kier molecular flexibility index (Phi) is 3.36. The van der Waals surface area contributed by atoms with Crippen molar-refractivity contribution >= 4 is 0 Å². The summed E-state index contributed by atoms with van der Waals surface area (Å²) in [5, 5.41) is 9.60. The van der Waals surface area contributed by atoms with Gasteiger partial charge < -0.3 is 10.0 Å². The molecular weight excluding hydrogens is 162 g/mol. The second-order valence-corrected chi connectivity index (χ2v) is 5.25. The quantitative estimate of drug-likeness (QED) is 0.725. The van der Waals surface area contributed by atoms with Crippen LogP contribution in [0, 0.1) is 5.92 Å². The van der Waals surface area contributed by atoms with Crippen LogP contribution in [-0.4, -0.2) is 34.7 Å². The third-order valence-electron chi connectivity index (χ3n) is 2.92. The van der Waals surface area contributed by atoms with Gasteiger partial charge in [0, 0.05) is 19.1 Å². The van der Waals surface area contributed by atoms with Gasteiger partial charge in [0.05, 0.1) is 5.60 Å². The zero-order chi connectivity index (χ0) is 10.1. The first-order valence-electron chi connectivity index (χ1n) is 5.35. The lowest BCUT2D eigenvalue weighted by Crippen LogP contribution is -2.33. The molecule has 1 aliphatic heterocycles. The number of aliphatic hydroxyl groups is 1. The molecule has 1 heterocycles. The van der Waals surface area contributed by atoms with E-state index in [1.165, 1.54) is 13.0 Å². The number of nitrogens with zero attached hydrogens (tertiary/aromatic N) is 1. The predicted octanol–water partition coefficient (Wildman–Crippen LogP) is 1.88. The van der Waals surface area contributed by atoms with E-state index in [9.17, 15) is 5.11 Å². The Hall–Kier alpha value is -0.0800. The minimum Gasteiger partial charge on any atom is -0.390 e. The Morgan fingerprint density at radius 3 is 2.38 bits per heavy atom. The summed E-state index contributed by atoms with van der Waals surface area (Å²) in [5.74, 6) is 0.830. The van der Waals surface area contributed by atoms with Gasteiger partial charge in [-0.15, -0.1) is 0 Å². The van der Waals surface area contributed by atoms with E-state index in [0.29, 0.717) is 6.04 Å². The molecule has 1 saturated heterocycles. The Balaban J connectivity index is 2.30. The first-order valence-corrected chi connectivity index (χ1v) is 5.35. The highest BCUT2D eigenvalue weighted by Gasteiger charge is 2.26. The predicted molar refractivity (Wildman–Crippen MR) is 55.7 cm³/mol. The molecule has 0 aromatic carbocycles. The van der Waals surface area contributed by atoms with Crippen molar-refractivity contribution in [3.63, 3.8) is 0 Å². The van der Waals surface area contributed by atoms with E-state index in [4.69, 9.17) is 0 Å². The minimum atomic E-state index is -0.508. The molecule has 0 amide bonds. The maximum Gasteiger partial charge on any atom is 0.0603 e. The molecule has 2 heteroatoms. The number of likely N-dealkylation sites (tertiary alicyclic amines) is 1. The Bertz CT molecular complexity index is 162. The van der Waals surface area contributed by atoms with Gasteiger partial charge in [0.2, 0.25) is 0 Å². The first kappa shape index (κ1) is 11.0. The van der Waals surface area contributed by atoms with Gasteiger partial charge in [-0.25, -0.2) is 0 Å². The van der Waals surface area contributed by atoms with Crippen LogP contribution in [0.5, 0.6) is 0 Å². The van der Waals surface area contributed by atoms with Gasteiger partial charge in [0.1, 0.15) is 0 Å². The number of rotatable bonds is 3. The van der Waals surface area contributed by atoms with Crippen molar-refractivity contribution in [2.45, 2.75) is 52.2 Å². The van der Waals surface area contributed by atoms with Crippen LogP contribution in [0.2, 0.25) is 0 Å². The molecule has 0 spiro atoms. The molecule has 13 heavy (non-hydrogen) atoms. The molecule has 2 nitrogen and oxygen atoms in total. The van der Waals surface area contributed by atoms with Crippen LogP contribution in [0.1, 0.15) is 40.5 Å². The SMILES string of the molecule is CC1CC(C)N(CCC(C)(C)O)C1. The fourth-order valence-electron chi connectivity index (χ4n) is 2.12. The smallest absolute Gasteiger partial charge is 0.0603 e. The molecule has 0 aromatic rings. The Labute approximate surface area is 81.9 Å². The topological polar surface area (TPSA) is 23.5 Å². The highest BCUT2D eigenvalue weighted by molar-refractivity contribution is 4.81. The summed E-state index contributed by atoms with van der Waals surface area (Å²) in [5.41, 5.74) is -0.508. The van der Waals surface area contributed by atoms with E-state index < -0.39 is 5.60 Å². The van der Waals surface area contributed by atoms with E-state index >= 15 is 0 Å². The van der Waals surface area contributed by atoms with Crippen molar-refractivity contribution in [3.05, 3.63) is 0 Å². The number of hydrogen-bond donors (Lipinski definition) is 1. The zero-order valence-electron chi connectivity index (χ0n) is 9.38. The van der Waals surface area contributed by atoms with Gasteiger partial charge in [-0.1, -0.05) is 6.92 Å². The molecule has 0 radical (unpaired) electrons. The summed E-state index contributed by atoms with van der Waals surface area (Å²) in [7, 11) is 0. The van der Waals surface area contributed by atoms with Gasteiger partial charge in [-0.05, 0) is 39.5 Å². The molecule has 0 bridgehead atoms. The maximum atomic E-state index is 9.60. The molecule has 1 fully saturated rings. The lowest BCUT2D eigenvalue weighted by Gasteiger charge is -2.25. The van der Waals surface area contributed by atoms with E-state index in [1.807, 2.05) is 13.8 Å². The maximum absolute atomic E-state index is 9.60. The summed E-state index contributed by atoms with van der Waals surface area (Å²) < 4.78 is 0. The molecule has 78 valence electrons. The second-order valence-electron chi connectivity index (χ2n) is 5.25. The van der Waals surface area contributed by atoms with Crippen LogP contribution in [0.15, 0.2) is 0 Å². The Morgan fingerprint density at radius 1 is 1.38 bits per heavy atom. The average Bonchev–Trinajstić information content (AvgIpc) is 2.24. The van der Waals surface area contributed by atoms with Crippen molar-refractivity contribution in [1.82, 2.24) is 4.90 Å². The van der Waals surface area contributed by atoms with Gasteiger partial charge in [0.15, 0.2) is 0 Å². The molecule has 0 saturated carbocycles. The van der Waals surface area contributed by atoms with E-state index in [-0.39, 0.29) is 0 Å². The standard InChI is InChI=1S/C11H23NO/c1-9-7-10(2)12(8-9)6-5-11(3,4)13/h9-10,13H,5-8H2,1-4H3. The van der Waals surface area contributed by atoms with Crippen LogP contribution in [0.4, 0.5) is 0 Å². The van der Waals surface area contributed by atoms with E-state index in [0.717, 1.165) is 18.9 Å². The van der Waals surface area contributed by atoms with Crippen LogP contribution < -0.4 is 0 Å². The lowest BCUT2D eigenvalue weighted by atomic mass is 10.1. The monoisotopic (exact) mass is 185 g/mol. The molecule has 1 rings (SSSR count). The zero-order valence-corrected chi connectivity index (χ0v) is 9.38. The van der Waals surface area contributed by atoms with Crippen LogP contribution in [0.25, 0.3) is 0 Å². The minimum absolute atomic E-state index is 0.508. The van der Waals surface area contributed by atoms with Crippen molar-refractivity contribution in [3.8, 4) is 0 Å². The molecule has 2 unspecified atom stereocenters. The third-order valence-corrected chi connectivity index (χ3v) is 2.92. The van der Waals surface area contributed by atoms with Gasteiger partial charge in [0.25, 0.3) is 0 Å². The fourth-order valence-corrected chi connectivity index (χ4v) is 2.12. The Morgan fingerprint density at radius 2 is 2.00 bits per heavy atom. The summed E-state index contributed by atoms with van der Waals surface area (Å²) in [6.45, 7) is 10.6. The first-order chi connectivity index (χ1) is 5.88. The van der Waals surface area contributed by atoms with Crippen molar-refractivity contribution in [1.29, 1.82) is 0 Å². The second kappa shape index (κ2) is 3.97. The summed E-state index contributed by atoms with van der Waals surface area (Å²) in [6.07, 6.45) is 2.19. The van der Waals surface area contributed by atoms with Crippen LogP contribution in [-0.2, 0) is 0 Å². The highest BCUT2D eigenvalue weighted by Crippen LogP contribution is 2.23. The van der Waals surface area contributed by atoms with Crippen LogP contribution in [0.3, 0.4) is 0 Å². The normalized spacial score (nSPS) is 31.2. The van der Waals surface area contributed by atoms with Gasteiger partial charge in [-0.3, -0.25) is 0 Å². The van der Waals surface area contributed by atoms with Crippen molar-refractivity contribution in [2.75, 3.05) is 13.1 Å². The largest absolute Gasteiger partial charge is 0.390 e. The molecule has 2 atom stereocenters. The molecule has 1 N–H and O–H groups in total. The highest BCUT2D eigenvalue weighted by atomic mass is 16.3. The summed E-state index contributed by atoms with van der Waals surface area (Å²) in [6, 6.07) is 0.706. The summed E-state index contributed by atoms with van der Waals surface area (Å²) in [4.78, 5) is 2.49. The number of hydrogen-bond acceptors (Lipinski definition) is 2. The van der Waals surface area contributed by atoms with Crippen molar-refractivity contribution < 1.29 is 5.11 Å². The lowest BCUT2D eigenvalue weighted by molar-refractivity contribution is 0.0565. The molecule has 0 aromatic heterocycles. The van der Waals surface area contributed by atoms with E-state index in [1.54, 1.807) is 0 Å². The molecular formula is C11H23NO. The fraction of sp³-hybridized carbons (Fsp3) is 1.00. The molecule has 0 aliphatic carbocycles. The van der Waals surface area contributed by atoms with Gasteiger partial charge >= 0.3 is 0 Å². The third kappa shape index (κ3) is 3.65. The van der Waals surface area contributed by atoms with E-state index in [2.05, 4.69) is 18.7 Å². The van der Waals surface area contributed by atoms with Crippen LogP contribution >= 0.6 is 0 Å². The average molecular weight is 185 g/mol. The van der Waals surface area contributed by atoms with Crippen molar-refractivity contribution in [2.24, 2.45) is 5.92 Å². The molecule has 1 aliphatic rings.